The molecule has 3 aromatic rings. The number of anilines is 2. The molecule has 0 spiro atoms. The van der Waals surface area contributed by atoms with E-state index in [2.05, 4.69) is 20.2 Å². The molecule has 0 bridgehead atoms. The van der Waals surface area contributed by atoms with Crippen LogP contribution in [0, 0.1) is 6.92 Å². The summed E-state index contributed by atoms with van der Waals surface area (Å²) in [6, 6.07) is 15.2. The Morgan fingerprint density at radius 2 is 1.92 bits per heavy atom. The van der Waals surface area contributed by atoms with Crippen LogP contribution in [-0.4, -0.2) is 19.6 Å². The average molecular weight is 372 g/mol. The molecule has 2 aromatic carbocycles. The number of aryl methyl sites for hydroxylation is 1. The first-order chi connectivity index (χ1) is 12.0. The molecule has 3 rings (SSSR count). The monoisotopic (exact) mass is 372 g/mol. The zero-order chi connectivity index (χ0) is 17.7. The Bertz CT molecular complexity index is 983. The number of aromatic nitrogens is 1. The van der Waals surface area contributed by atoms with Crippen LogP contribution in [-0.2, 0) is 10.0 Å². The molecule has 0 aliphatic heterocycles. The number of rotatable bonds is 6. The Labute approximate surface area is 150 Å². The van der Waals surface area contributed by atoms with Crippen LogP contribution in [0.1, 0.15) is 11.3 Å². The van der Waals surface area contributed by atoms with Crippen LogP contribution >= 0.6 is 11.3 Å². The largest absolute Gasteiger partial charge is 0.280 e. The molecule has 0 saturated heterocycles. The van der Waals surface area contributed by atoms with Gasteiger partial charge >= 0.3 is 0 Å². The molecule has 128 valence electrons. The van der Waals surface area contributed by atoms with Gasteiger partial charge in [0.05, 0.1) is 16.8 Å². The molecule has 6 nitrogen and oxygen atoms in total. The van der Waals surface area contributed by atoms with E-state index >= 15 is 0 Å². The molecule has 0 radical (unpaired) electrons. The summed E-state index contributed by atoms with van der Waals surface area (Å²) in [6.07, 6.45) is 1.61. The van der Waals surface area contributed by atoms with E-state index in [4.69, 9.17) is 0 Å². The van der Waals surface area contributed by atoms with Crippen LogP contribution in [0.3, 0.4) is 0 Å². The smallest absolute Gasteiger partial charge is 0.261 e. The van der Waals surface area contributed by atoms with Gasteiger partial charge in [0.25, 0.3) is 10.0 Å². The summed E-state index contributed by atoms with van der Waals surface area (Å²) in [4.78, 5) is 4.46. The minimum absolute atomic E-state index is 0.217. The van der Waals surface area contributed by atoms with Crippen molar-refractivity contribution in [1.82, 2.24) is 4.98 Å². The van der Waals surface area contributed by atoms with Crippen molar-refractivity contribution in [3.63, 3.8) is 0 Å². The highest BCUT2D eigenvalue weighted by Gasteiger charge is 2.13. The summed E-state index contributed by atoms with van der Waals surface area (Å²) < 4.78 is 27.3. The number of benzene rings is 2. The van der Waals surface area contributed by atoms with Crippen molar-refractivity contribution in [1.29, 1.82) is 0 Å². The van der Waals surface area contributed by atoms with Gasteiger partial charge in [-0.1, -0.05) is 30.3 Å². The molecule has 1 aromatic heterocycles. The fourth-order valence-electron chi connectivity index (χ4n) is 2.06. The van der Waals surface area contributed by atoms with E-state index in [0.29, 0.717) is 10.8 Å². The van der Waals surface area contributed by atoms with Gasteiger partial charge in [-0.15, -0.1) is 11.3 Å². The first kappa shape index (κ1) is 17.1. The lowest BCUT2D eigenvalue weighted by Crippen LogP contribution is -2.12. The minimum atomic E-state index is -3.61. The maximum Gasteiger partial charge on any atom is 0.261 e. The zero-order valence-electron chi connectivity index (χ0n) is 13.4. The van der Waals surface area contributed by atoms with Gasteiger partial charge in [-0.05, 0) is 36.8 Å². The molecule has 0 aliphatic carbocycles. The molecule has 0 aliphatic rings. The Morgan fingerprint density at radius 3 is 2.64 bits per heavy atom. The lowest BCUT2D eigenvalue weighted by Gasteiger charge is -2.08. The van der Waals surface area contributed by atoms with Crippen molar-refractivity contribution in [2.24, 2.45) is 5.10 Å². The third kappa shape index (κ3) is 4.65. The number of hydrogen-bond donors (Lipinski definition) is 2. The van der Waals surface area contributed by atoms with E-state index in [9.17, 15) is 8.42 Å². The number of thiazole rings is 1. The molecule has 0 amide bonds. The van der Waals surface area contributed by atoms with Crippen molar-refractivity contribution in [2.75, 3.05) is 10.1 Å². The van der Waals surface area contributed by atoms with Crippen LogP contribution in [0.25, 0.3) is 0 Å². The second-order valence-electron chi connectivity index (χ2n) is 5.21. The number of hydrogen-bond acceptors (Lipinski definition) is 6. The summed E-state index contributed by atoms with van der Waals surface area (Å²) >= 11 is 1.47. The SMILES string of the molecule is Cc1csc(NN=Cc2cccc(NS(=O)(=O)c3ccccc3)c2)n1. The van der Waals surface area contributed by atoms with Crippen LogP contribution in [0.4, 0.5) is 10.8 Å². The summed E-state index contributed by atoms with van der Waals surface area (Å²) in [5.74, 6) is 0. The second-order valence-corrected chi connectivity index (χ2v) is 7.75. The molecule has 25 heavy (non-hydrogen) atoms. The molecular weight excluding hydrogens is 356 g/mol. The van der Waals surface area contributed by atoms with Crippen LogP contribution < -0.4 is 10.1 Å². The highest BCUT2D eigenvalue weighted by Crippen LogP contribution is 2.17. The summed E-state index contributed by atoms with van der Waals surface area (Å²) in [6.45, 7) is 1.91. The van der Waals surface area contributed by atoms with Crippen molar-refractivity contribution in [3.05, 3.63) is 71.2 Å². The topological polar surface area (TPSA) is 83.5 Å². The van der Waals surface area contributed by atoms with Crippen molar-refractivity contribution in [3.8, 4) is 0 Å². The van der Waals surface area contributed by atoms with Crippen molar-refractivity contribution >= 4 is 38.4 Å². The first-order valence-electron chi connectivity index (χ1n) is 7.42. The molecule has 0 fully saturated rings. The highest BCUT2D eigenvalue weighted by atomic mass is 32.2. The van der Waals surface area contributed by atoms with Gasteiger partial charge in [-0.3, -0.25) is 10.1 Å². The number of sulfonamides is 1. The first-order valence-corrected chi connectivity index (χ1v) is 9.78. The lowest BCUT2D eigenvalue weighted by atomic mass is 10.2. The minimum Gasteiger partial charge on any atom is -0.280 e. The van der Waals surface area contributed by atoms with Gasteiger partial charge in [-0.2, -0.15) is 5.10 Å². The van der Waals surface area contributed by atoms with E-state index in [1.165, 1.54) is 11.3 Å². The van der Waals surface area contributed by atoms with Crippen LogP contribution in [0.15, 0.2) is 70.0 Å². The van der Waals surface area contributed by atoms with E-state index in [1.807, 2.05) is 18.4 Å². The van der Waals surface area contributed by atoms with Gasteiger partial charge in [-0.25, -0.2) is 13.4 Å². The van der Waals surface area contributed by atoms with E-state index in [-0.39, 0.29) is 4.90 Å². The van der Waals surface area contributed by atoms with Crippen LogP contribution in [0.5, 0.6) is 0 Å². The molecule has 0 saturated carbocycles. The molecule has 2 N–H and O–H groups in total. The second kappa shape index (κ2) is 7.45. The normalized spacial score (nSPS) is 11.6. The number of hydrazone groups is 1. The zero-order valence-corrected chi connectivity index (χ0v) is 15.0. The molecular formula is C17H16N4O2S2. The fourth-order valence-corrected chi connectivity index (χ4v) is 3.77. The summed E-state index contributed by atoms with van der Waals surface area (Å²) in [5, 5.41) is 6.75. The highest BCUT2D eigenvalue weighted by molar-refractivity contribution is 7.92. The number of nitrogens with zero attached hydrogens (tertiary/aromatic N) is 2. The standard InChI is InChI=1S/C17H16N4O2S2/c1-13-12-24-17(19-13)20-18-11-14-6-5-7-15(10-14)21-25(22,23)16-8-3-2-4-9-16/h2-12,21H,1H3,(H,19,20). The van der Waals surface area contributed by atoms with E-state index in [0.717, 1.165) is 11.3 Å². The van der Waals surface area contributed by atoms with E-state index in [1.54, 1.807) is 54.7 Å². The molecule has 1 heterocycles. The Morgan fingerprint density at radius 1 is 1.12 bits per heavy atom. The average Bonchev–Trinajstić information content (AvgIpc) is 3.01. The van der Waals surface area contributed by atoms with Gasteiger partial charge in [0.15, 0.2) is 0 Å². The van der Waals surface area contributed by atoms with Gasteiger partial charge < -0.3 is 0 Å². The van der Waals surface area contributed by atoms with Crippen molar-refractivity contribution < 1.29 is 8.42 Å². The molecule has 0 unspecified atom stereocenters. The summed E-state index contributed by atoms with van der Waals surface area (Å²) in [5.41, 5.74) is 5.00. The third-order valence-electron chi connectivity index (χ3n) is 3.19. The van der Waals surface area contributed by atoms with Gasteiger partial charge in [0.2, 0.25) is 5.13 Å². The number of nitrogens with one attached hydrogen (secondary N) is 2. The predicted octanol–water partition coefficient (Wildman–Crippen LogP) is 3.70. The Kier molecular flexibility index (Phi) is 5.11. The molecule has 0 atom stereocenters. The molecule has 8 heteroatoms. The van der Waals surface area contributed by atoms with E-state index < -0.39 is 10.0 Å². The Hall–Kier alpha value is -2.71. The van der Waals surface area contributed by atoms with Crippen LogP contribution in [0.2, 0.25) is 0 Å². The Balaban J connectivity index is 1.71. The lowest BCUT2D eigenvalue weighted by molar-refractivity contribution is 0.601. The maximum atomic E-state index is 12.4. The maximum absolute atomic E-state index is 12.4. The third-order valence-corrected chi connectivity index (χ3v) is 5.45. The van der Waals surface area contributed by atoms with Gasteiger partial charge in [0.1, 0.15) is 0 Å². The summed E-state index contributed by atoms with van der Waals surface area (Å²) in [7, 11) is -3.61. The van der Waals surface area contributed by atoms with Gasteiger partial charge in [0, 0.05) is 11.1 Å². The predicted molar refractivity (Wildman–Crippen MR) is 102 cm³/mol. The quantitative estimate of drug-likeness (QED) is 0.510. The fraction of sp³-hybridized carbons (Fsp3) is 0.0588. The van der Waals surface area contributed by atoms with Crippen molar-refractivity contribution in [2.45, 2.75) is 11.8 Å².